The van der Waals surface area contributed by atoms with E-state index in [9.17, 15) is 9.18 Å². The summed E-state index contributed by atoms with van der Waals surface area (Å²) in [5, 5.41) is 5.81. The molecule has 1 aromatic carbocycles. The summed E-state index contributed by atoms with van der Waals surface area (Å²) in [5.41, 5.74) is 2.77. The second-order valence-corrected chi connectivity index (χ2v) is 6.97. The molecule has 0 aliphatic heterocycles. The number of thiazole rings is 1. The second-order valence-electron chi connectivity index (χ2n) is 6.12. The Hall–Kier alpha value is -2.60. The number of aromatic nitrogens is 2. The number of carbonyl (C=O) groups excluding carboxylic acids is 1. The van der Waals surface area contributed by atoms with E-state index in [1.807, 2.05) is 30.5 Å². The molecule has 2 heterocycles. The molecule has 1 N–H and O–H groups in total. The number of pyridine rings is 1. The molecule has 6 heteroatoms. The van der Waals surface area contributed by atoms with Crippen LogP contribution in [0.1, 0.15) is 30.5 Å². The number of benzene rings is 1. The van der Waals surface area contributed by atoms with Crippen LogP contribution in [0.25, 0.3) is 10.7 Å². The third kappa shape index (κ3) is 4.95. The lowest BCUT2D eigenvalue weighted by atomic mass is 9.97. The van der Waals surface area contributed by atoms with Crippen LogP contribution in [-0.2, 0) is 11.2 Å². The molecule has 0 fully saturated rings. The molecule has 1 amide bonds. The van der Waals surface area contributed by atoms with E-state index in [2.05, 4.69) is 15.3 Å². The Kier molecular flexibility index (Phi) is 6.07. The highest BCUT2D eigenvalue weighted by Gasteiger charge is 2.11. The number of nitrogens with zero attached hydrogens (tertiary/aromatic N) is 2. The Balaban J connectivity index is 1.45. The van der Waals surface area contributed by atoms with Crippen LogP contribution in [0.2, 0.25) is 0 Å². The zero-order valence-electron chi connectivity index (χ0n) is 14.5. The van der Waals surface area contributed by atoms with Gasteiger partial charge in [-0.15, -0.1) is 11.3 Å². The van der Waals surface area contributed by atoms with Gasteiger partial charge in [-0.25, -0.2) is 9.37 Å². The van der Waals surface area contributed by atoms with Crippen molar-refractivity contribution in [1.29, 1.82) is 0 Å². The van der Waals surface area contributed by atoms with Crippen molar-refractivity contribution in [3.63, 3.8) is 0 Å². The quantitative estimate of drug-likeness (QED) is 0.679. The fraction of sp³-hybridized carbons (Fsp3) is 0.250. The van der Waals surface area contributed by atoms with E-state index in [-0.39, 0.29) is 17.6 Å². The Morgan fingerprint density at radius 2 is 2.04 bits per heavy atom. The normalized spacial score (nSPS) is 11.9. The lowest BCUT2D eigenvalue weighted by Gasteiger charge is -2.11. The first-order valence-electron chi connectivity index (χ1n) is 8.50. The van der Waals surface area contributed by atoms with E-state index in [1.54, 1.807) is 29.7 Å². The lowest BCUT2D eigenvalue weighted by Crippen LogP contribution is -2.26. The number of amides is 1. The van der Waals surface area contributed by atoms with E-state index in [1.165, 1.54) is 12.1 Å². The van der Waals surface area contributed by atoms with E-state index in [0.717, 1.165) is 22.0 Å². The van der Waals surface area contributed by atoms with Gasteiger partial charge in [0.2, 0.25) is 5.91 Å². The summed E-state index contributed by atoms with van der Waals surface area (Å²) in [6.45, 7) is 2.51. The van der Waals surface area contributed by atoms with Gasteiger partial charge in [-0.2, -0.15) is 0 Å². The molecule has 26 heavy (non-hydrogen) atoms. The number of nitrogens with one attached hydrogen (secondary N) is 1. The van der Waals surface area contributed by atoms with E-state index in [4.69, 9.17) is 0 Å². The largest absolute Gasteiger partial charge is 0.356 e. The Morgan fingerprint density at radius 1 is 1.23 bits per heavy atom. The molecule has 0 radical (unpaired) electrons. The van der Waals surface area contributed by atoms with E-state index < -0.39 is 0 Å². The number of carbonyl (C=O) groups is 1. The molecule has 1 atom stereocenters. The van der Waals surface area contributed by atoms with Gasteiger partial charge in [0, 0.05) is 31.0 Å². The van der Waals surface area contributed by atoms with Crippen LogP contribution in [0.15, 0.2) is 54.0 Å². The summed E-state index contributed by atoms with van der Waals surface area (Å²) in [6.07, 6.45) is 2.81. The van der Waals surface area contributed by atoms with Crippen molar-refractivity contribution < 1.29 is 9.18 Å². The van der Waals surface area contributed by atoms with Crippen LogP contribution in [0, 0.1) is 5.82 Å². The fourth-order valence-electron chi connectivity index (χ4n) is 2.62. The summed E-state index contributed by atoms with van der Waals surface area (Å²) < 4.78 is 13.0. The standard InChI is InChI=1S/C20H20FN3OS/c1-14(15-5-7-16(21)8-6-15)12-19(25)23-11-9-17-13-26-20(24-17)18-4-2-3-10-22-18/h2-8,10,13-14H,9,11-12H2,1H3,(H,23,25). The molecule has 2 aromatic heterocycles. The summed E-state index contributed by atoms with van der Waals surface area (Å²) in [4.78, 5) is 21.0. The summed E-state index contributed by atoms with van der Waals surface area (Å²) in [5.74, 6) is -0.230. The van der Waals surface area contributed by atoms with Crippen molar-refractivity contribution in [2.24, 2.45) is 0 Å². The van der Waals surface area contributed by atoms with Crippen LogP contribution in [0.4, 0.5) is 4.39 Å². The van der Waals surface area contributed by atoms with Gasteiger partial charge in [0.05, 0.1) is 11.4 Å². The molecule has 0 aliphatic carbocycles. The van der Waals surface area contributed by atoms with Crippen molar-refractivity contribution in [3.05, 3.63) is 71.1 Å². The minimum atomic E-state index is -0.265. The molecule has 3 aromatic rings. The van der Waals surface area contributed by atoms with Crippen molar-refractivity contribution in [3.8, 4) is 10.7 Å². The Morgan fingerprint density at radius 3 is 2.77 bits per heavy atom. The highest BCUT2D eigenvalue weighted by molar-refractivity contribution is 7.13. The molecular formula is C20H20FN3OS. The van der Waals surface area contributed by atoms with Crippen molar-refractivity contribution in [2.45, 2.75) is 25.7 Å². The average Bonchev–Trinajstić information content (AvgIpc) is 3.12. The van der Waals surface area contributed by atoms with Crippen LogP contribution in [0.3, 0.4) is 0 Å². The molecule has 0 saturated heterocycles. The number of rotatable bonds is 7. The zero-order chi connectivity index (χ0) is 18.4. The Labute approximate surface area is 156 Å². The first-order chi connectivity index (χ1) is 12.6. The maximum absolute atomic E-state index is 13.0. The van der Waals surface area contributed by atoms with Crippen molar-refractivity contribution >= 4 is 17.2 Å². The SMILES string of the molecule is CC(CC(=O)NCCc1csc(-c2ccccn2)n1)c1ccc(F)cc1. The molecular weight excluding hydrogens is 349 g/mol. The number of hydrogen-bond acceptors (Lipinski definition) is 4. The van der Waals surface area contributed by atoms with Crippen molar-refractivity contribution in [2.75, 3.05) is 6.54 Å². The predicted molar refractivity (Wildman–Crippen MR) is 101 cm³/mol. The van der Waals surface area contributed by atoms with Crippen LogP contribution in [-0.4, -0.2) is 22.4 Å². The van der Waals surface area contributed by atoms with Crippen molar-refractivity contribution in [1.82, 2.24) is 15.3 Å². The molecule has 0 bridgehead atoms. The first-order valence-corrected chi connectivity index (χ1v) is 9.38. The maximum atomic E-state index is 13.0. The highest BCUT2D eigenvalue weighted by Crippen LogP contribution is 2.21. The Bertz CT molecular complexity index is 849. The van der Waals surface area contributed by atoms with Gasteiger partial charge in [-0.05, 0) is 35.7 Å². The smallest absolute Gasteiger partial charge is 0.220 e. The molecule has 134 valence electrons. The second kappa shape index (κ2) is 8.67. The van der Waals surface area contributed by atoms with Gasteiger partial charge >= 0.3 is 0 Å². The third-order valence-corrected chi connectivity index (χ3v) is 4.98. The average molecular weight is 369 g/mol. The molecule has 0 spiro atoms. The highest BCUT2D eigenvalue weighted by atomic mass is 32.1. The maximum Gasteiger partial charge on any atom is 0.220 e. The van der Waals surface area contributed by atoms with Crippen LogP contribution >= 0.6 is 11.3 Å². The van der Waals surface area contributed by atoms with Gasteiger partial charge < -0.3 is 5.32 Å². The topological polar surface area (TPSA) is 54.9 Å². The van der Waals surface area contributed by atoms with Gasteiger partial charge in [0.1, 0.15) is 10.8 Å². The van der Waals surface area contributed by atoms with Gasteiger partial charge in [-0.3, -0.25) is 9.78 Å². The number of hydrogen-bond donors (Lipinski definition) is 1. The predicted octanol–water partition coefficient (Wildman–Crippen LogP) is 4.20. The monoisotopic (exact) mass is 369 g/mol. The van der Waals surface area contributed by atoms with Crippen LogP contribution < -0.4 is 5.32 Å². The van der Waals surface area contributed by atoms with Gasteiger partial charge in [-0.1, -0.05) is 25.1 Å². The first kappa shape index (κ1) is 18.2. The van der Waals surface area contributed by atoms with Gasteiger partial charge in [0.15, 0.2) is 0 Å². The molecule has 0 saturated carbocycles. The van der Waals surface area contributed by atoms with Crippen LogP contribution in [0.5, 0.6) is 0 Å². The molecule has 3 rings (SSSR count). The van der Waals surface area contributed by atoms with E-state index >= 15 is 0 Å². The lowest BCUT2D eigenvalue weighted by molar-refractivity contribution is -0.121. The summed E-state index contributed by atoms with van der Waals surface area (Å²) in [6, 6.07) is 12.0. The summed E-state index contributed by atoms with van der Waals surface area (Å²) >= 11 is 1.55. The fourth-order valence-corrected chi connectivity index (χ4v) is 3.45. The summed E-state index contributed by atoms with van der Waals surface area (Å²) in [7, 11) is 0. The zero-order valence-corrected chi connectivity index (χ0v) is 15.3. The number of halogens is 1. The van der Waals surface area contributed by atoms with Gasteiger partial charge in [0.25, 0.3) is 0 Å². The molecule has 1 unspecified atom stereocenters. The minimum absolute atomic E-state index is 0.0120. The molecule has 4 nitrogen and oxygen atoms in total. The van der Waals surface area contributed by atoms with E-state index in [0.29, 0.717) is 19.4 Å². The third-order valence-electron chi connectivity index (χ3n) is 4.07. The minimum Gasteiger partial charge on any atom is -0.356 e. The molecule has 0 aliphatic rings.